The van der Waals surface area contributed by atoms with E-state index in [0.29, 0.717) is 23.3 Å². The Balaban J connectivity index is 1.57. The Bertz CT molecular complexity index is 3690. The molecule has 3 N–H and O–H groups in total. The molecule has 9 rings (SSSR count). The molecule has 2 aliphatic heterocycles. The van der Waals surface area contributed by atoms with Gasteiger partial charge in [-0.1, -0.05) is 173 Å². The maximum absolute atomic E-state index is 11.9. The van der Waals surface area contributed by atoms with E-state index in [9.17, 15) is 9.90 Å². The number of carboxylic acids is 1. The van der Waals surface area contributed by atoms with Gasteiger partial charge < -0.3 is 15.1 Å². The number of fused-ring (bicyclic) bond motifs is 8. The van der Waals surface area contributed by atoms with Crippen molar-refractivity contribution in [2.75, 3.05) is 0 Å². The molecule has 0 amide bonds. The van der Waals surface area contributed by atoms with E-state index in [2.05, 4.69) is 231 Å². The van der Waals surface area contributed by atoms with Gasteiger partial charge in [0, 0.05) is 38.8 Å². The predicted molar refractivity (Wildman–Crippen MR) is 341 cm³/mol. The molecule has 0 spiro atoms. The van der Waals surface area contributed by atoms with Crippen molar-refractivity contribution >= 4 is 52.3 Å². The second kappa shape index (κ2) is 22.9. The minimum absolute atomic E-state index is 0.214. The zero-order chi connectivity index (χ0) is 57.8. The van der Waals surface area contributed by atoms with Crippen molar-refractivity contribution in [3.63, 3.8) is 0 Å². The summed E-state index contributed by atoms with van der Waals surface area (Å²) in [5.41, 5.74) is 27.4. The Morgan fingerprint density at radius 2 is 0.650 bits per heavy atom. The summed E-state index contributed by atoms with van der Waals surface area (Å²) >= 11 is 0. The van der Waals surface area contributed by atoms with Gasteiger partial charge in [-0.15, -0.1) is 0 Å². The van der Waals surface area contributed by atoms with Crippen molar-refractivity contribution in [2.24, 2.45) is 0 Å². The molecule has 6 heteroatoms. The van der Waals surface area contributed by atoms with Gasteiger partial charge in [0.1, 0.15) is 0 Å². The highest BCUT2D eigenvalue weighted by Crippen LogP contribution is 2.48. The fraction of sp³-hybridized carbons (Fsp3) is 0.365. The van der Waals surface area contributed by atoms with Gasteiger partial charge in [0.15, 0.2) is 0 Å². The van der Waals surface area contributed by atoms with Gasteiger partial charge in [-0.25, -0.2) is 14.8 Å². The summed E-state index contributed by atoms with van der Waals surface area (Å²) in [5, 5.41) is 9.76. The number of rotatable bonds is 13. The SMILES string of the molecule is CC(C)c1cc(C(C)C)c(-c2c3nc(c(-c4c(C(C)C)cc(C(C)C)cc4C(C)C)c4ccc([nH]4)c(-c4c(C(C)C)cc(C(C)C)cc4C(C)C)c4nc(c(C#Cc5ccc(C(=O)O)cc5)c5ccc2[nH]5)C=C4)C=C3)c(C(C)C)c1. The molecule has 0 radical (unpaired) electrons. The van der Waals surface area contributed by atoms with Crippen LogP contribution < -0.4 is 0 Å². The summed E-state index contributed by atoms with van der Waals surface area (Å²) in [6.07, 6.45) is 8.80. The first-order valence-electron chi connectivity index (χ1n) is 29.5. The minimum Gasteiger partial charge on any atom is -0.478 e. The maximum atomic E-state index is 11.9. The largest absolute Gasteiger partial charge is 0.478 e. The first-order chi connectivity index (χ1) is 37.9. The summed E-state index contributed by atoms with van der Waals surface area (Å²) in [5.74, 6) is 8.41. The zero-order valence-corrected chi connectivity index (χ0v) is 50.8. The molecule has 8 bridgehead atoms. The Morgan fingerprint density at radius 1 is 0.362 bits per heavy atom. The van der Waals surface area contributed by atoms with E-state index in [0.717, 1.165) is 67.1 Å². The molecule has 7 aromatic rings. The van der Waals surface area contributed by atoms with Crippen molar-refractivity contribution < 1.29 is 9.90 Å². The van der Waals surface area contributed by atoms with Crippen LogP contribution in [-0.4, -0.2) is 31.0 Å². The van der Waals surface area contributed by atoms with Crippen molar-refractivity contribution in [2.45, 2.75) is 178 Å². The van der Waals surface area contributed by atoms with Crippen LogP contribution in [0.25, 0.3) is 79.8 Å². The molecular weight excluding hydrogens is 977 g/mol. The molecule has 0 unspecified atom stereocenters. The smallest absolute Gasteiger partial charge is 0.335 e. The second-order valence-corrected chi connectivity index (χ2v) is 25.3. The van der Waals surface area contributed by atoms with Gasteiger partial charge in [-0.05, 0) is 193 Å². The summed E-state index contributed by atoms with van der Waals surface area (Å²) in [6.45, 7) is 41.6. The molecule has 4 aromatic carbocycles. The van der Waals surface area contributed by atoms with E-state index in [1.54, 1.807) is 24.3 Å². The number of aromatic amines is 2. The van der Waals surface area contributed by atoms with Crippen LogP contribution in [0.15, 0.2) is 84.9 Å². The third kappa shape index (κ3) is 11.1. The lowest BCUT2D eigenvalue weighted by Crippen LogP contribution is -2.05. The molecule has 3 aromatic heterocycles. The lowest BCUT2D eigenvalue weighted by atomic mass is 9.81. The lowest BCUT2D eigenvalue weighted by Gasteiger charge is -2.24. The molecule has 5 heterocycles. The number of nitrogens with one attached hydrogen (secondary N) is 2. The number of hydrogen-bond acceptors (Lipinski definition) is 3. The number of benzene rings is 4. The lowest BCUT2D eigenvalue weighted by molar-refractivity contribution is 0.0697. The number of aromatic carboxylic acids is 1. The molecule has 80 heavy (non-hydrogen) atoms. The Kier molecular flexibility index (Phi) is 16.4. The van der Waals surface area contributed by atoms with E-state index in [1.807, 2.05) is 0 Å². The van der Waals surface area contributed by atoms with Gasteiger partial charge in [0.2, 0.25) is 0 Å². The molecule has 0 atom stereocenters. The normalized spacial score (nSPS) is 12.5. The van der Waals surface area contributed by atoms with Gasteiger partial charge in [-0.2, -0.15) is 0 Å². The molecule has 0 saturated heterocycles. The highest BCUT2D eigenvalue weighted by atomic mass is 16.4. The number of H-pyrrole nitrogens is 2. The van der Waals surface area contributed by atoms with Gasteiger partial charge in [0.05, 0.1) is 39.4 Å². The number of carboxylic acid groups (broad SMARTS) is 1. The van der Waals surface area contributed by atoms with Gasteiger partial charge in [0.25, 0.3) is 0 Å². The third-order valence-electron chi connectivity index (χ3n) is 16.4. The number of nitrogens with zero attached hydrogens (tertiary/aromatic N) is 2. The fourth-order valence-electron chi connectivity index (χ4n) is 11.7. The molecular formula is C74H84N4O2. The second-order valence-electron chi connectivity index (χ2n) is 25.3. The van der Waals surface area contributed by atoms with E-state index in [1.165, 1.54) is 66.8 Å². The van der Waals surface area contributed by atoms with Gasteiger partial charge in [-0.3, -0.25) is 0 Å². The molecule has 0 aliphatic carbocycles. The summed E-state index contributed by atoms with van der Waals surface area (Å²) in [4.78, 5) is 31.7. The van der Waals surface area contributed by atoms with Crippen LogP contribution >= 0.6 is 0 Å². The molecule has 6 nitrogen and oxygen atoms in total. The van der Waals surface area contributed by atoms with Crippen molar-refractivity contribution in [1.82, 2.24) is 19.9 Å². The van der Waals surface area contributed by atoms with E-state index >= 15 is 0 Å². The topological polar surface area (TPSA) is 94.7 Å². The van der Waals surface area contributed by atoms with E-state index < -0.39 is 5.97 Å². The summed E-state index contributed by atoms with van der Waals surface area (Å²) in [7, 11) is 0. The van der Waals surface area contributed by atoms with Crippen molar-refractivity contribution in [3.8, 4) is 45.2 Å². The summed E-state index contributed by atoms with van der Waals surface area (Å²) < 4.78 is 0. The van der Waals surface area contributed by atoms with Crippen molar-refractivity contribution in [1.29, 1.82) is 0 Å². The van der Waals surface area contributed by atoms with Crippen LogP contribution in [0, 0.1) is 11.8 Å². The maximum Gasteiger partial charge on any atom is 0.335 e. The molecule has 0 fully saturated rings. The summed E-state index contributed by atoms with van der Waals surface area (Å²) in [6, 6.07) is 30.3. The number of carbonyl (C=O) groups is 1. The third-order valence-corrected chi connectivity index (χ3v) is 16.4. The Labute approximate surface area is 477 Å². The van der Waals surface area contributed by atoms with Crippen LogP contribution in [0.3, 0.4) is 0 Å². The Hall–Kier alpha value is -7.49. The first-order valence-corrected chi connectivity index (χ1v) is 29.5. The quantitative estimate of drug-likeness (QED) is 0.100. The van der Waals surface area contributed by atoms with Crippen LogP contribution in [-0.2, 0) is 0 Å². The van der Waals surface area contributed by atoms with Crippen LogP contribution in [0.2, 0.25) is 0 Å². The van der Waals surface area contributed by atoms with E-state index in [-0.39, 0.29) is 41.1 Å². The fourth-order valence-corrected chi connectivity index (χ4v) is 11.7. The Morgan fingerprint density at radius 3 is 0.950 bits per heavy atom. The monoisotopic (exact) mass is 1060 g/mol. The van der Waals surface area contributed by atoms with Crippen LogP contribution in [0.1, 0.15) is 272 Å². The first kappa shape index (κ1) is 57.2. The number of hydrogen-bond donors (Lipinski definition) is 3. The molecule has 0 saturated carbocycles. The average Bonchev–Trinajstić information content (AvgIpc) is 4.43. The average molecular weight is 1060 g/mol. The van der Waals surface area contributed by atoms with Crippen LogP contribution in [0.4, 0.5) is 0 Å². The van der Waals surface area contributed by atoms with E-state index in [4.69, 9.17) is 9.97 Å². The highest BCUT2D eigenvalue weighted by molar-refractivity contribution is 6.01. The van der Waals surface area contributed by atoms with Crippen molar-refractivity contribution in [3.05, 3.63) is 174 Å². The standard InChI is InChI=1S/C74H84N4O2/c1-39(2)50-33-54(42(7)8)68(55(34-50)43(9)10)71-62-27-25-60(75-62)53(24-21-48-19-22-49(23-20-48)74(79)80)61-26-28-63(76-61)72(69-56(44(11)12)35-51(40(3)4)36-57(69)45(13)14)65-30-32-67(78-65)73(66-31-29-64(71)77-66)70-58(46(15)16)37-52(41(5)6)38-59(70)47(17)18/h19-20,22-23,25-47,75,78H,1-18H3,(H,79,80). The number of aromatic nitrogens is 4. The highest BCUT2D eigenvalue weighted by Gasteiger charge is 2.28. The van der Waals surface area contributed by atoms with Crippen LogP contribution in [0.5, 0.6) is 0 Å². The minimum atomic E-state index is -0.973. The van der Waals surface area contributed by atoms with Gasteiger partial charge >= 0.3 is 5.97 Å². The molecule has 412 valence electrons. The predicted octanol–water partition coefficient (Wildman–Crippen LogP) is 20.9. The zero-order valence-electron chi connectivity index (χ0n) is 50.8. The molecule has 2 aliphatic rings.